The van der Waals surface area contributed by atoms with Gasteiger partial charge < -0.3 is 10.1 Å². The summed E-state index contributed by atoms with van der Waals surface area (Å²) in [5.41, 5.74) is 4.36. The zero-order chi connectivity index (χ0) is 27.7. The van der Waals surface area contributed by atoms with Crippen LogP contribution < -0.4 is 10.2 Å². The second-order valence-corrected chi connectivity index (χ2v) is 11.1. The van der Waals surface area contributed by atoms with Crippen molar-refractivity contribution >= 4 is 51.0 Å². The third-order valence-corrected chi connectivity index (χ3v) is 8.53. The summed E-state index contributed by atoms with van der Waals surface area (Å²) in [5, 5.41) is 2.76. The molecule has 5 rings (SSSR count). The van der Waals surface area contributed by atoms with E-state index in [1.807, 2.05) is 44.2 Å². The molecule has 1 saturated carbocycles. The van der Waals surface area contributed by atoms with Gasteiger partial charge in [0.1, 0.15) is 0 Å². The molecule has 1 heterocycles. The number of imide groups is 1. The molecule has 0 spiro atoms. The van der Waals surface area contributed by atoms with Crippen molar-refractivity contribution in [1.82, 2.24) is 0 Å². The zero-order valence-electron chi connectivity index (χ0n) is 21.8. The van der Waals surface area contributed by atoms with Crippen LogP contribution in [0.4, 0.5) is 11.4 Å². The summed E-state index contributed by atoms with van der Waals surface area (Å²) in [4.78, 5) is 52.6. The molecule has 7 nitrogen and oxygen atoms in total. The Labute approximate surface area is 235 Å². The lowest BCUT2D eigenvalue weighted by Gasteiger charge is -2.28. The number of carbonyl (C=O) groups excluding carboxylic acids is 4. The highest BCUT2D eigenvalue weighted by atomic mass is 79.9. The van der Waals surface area contributed by atoms with Crippen LogP contribution in [0.25, 0.3) is 0 Å². The highest BCUT2D eigenvalue weighted by Crippen LogP contribution is 2.45. The number of aryl methyl sites for hydroxylation is 2. The van der Waals surface area contributed by atoms with Crippen LogP contribution in [0.2, 0.25) is 0 Å². The van der Waals surface area contributed by atoms with Crippen LogP contribution in [0.5, 0.6) is 0 Å². The van der Waals surface area contributed by atoms with E-state index in [4.69, 9.17) is 4.74 Å². The van der Waals surface area contributed by atoms with Crippen molar-refractivity contribution in [2.45, 2.75) is 39.0 Å². The molecule has 0 radical (unpaired) electrons. The van der Waals surface area contributed by atoms with Gasteiger partial charge in [-0.15, -0.1) is 0 Å². The molecule has 1 N–H and O–H groups in total. The van der Waals surface area contributed by atoms with Crippen LogP contribution >= 0.6 is 15.9 Å². The minimum absolute atomic E-state index is 0.179. The quantitative estimate of drug-likeness (QED) is 0.284. The predicted molar refractivity (Wildman–Crippen MR) is 151 cm³/mol. The SMILES string of the molecule is Cc1cc(NC(=O)COC(=O)c2ccc(N3C(=O)[C@@H]4CC[C@H](c5ccccc5)C[C@H]4C3=O)cc2)c(C)cc1Br. The summed E-state index contributed by atoms with van der Waals surface area (Å²) in [6, 6.07) is 20.0. The average Bonchev–Trinajstić information content (AvgIpc) is 3.19. The lowest BCUT2D eigenvalue weighted by Crippen LogP contribution is -2.30. The number of anilines is 2. The molecular formula is C31H29BrN2O5. The topological polar surface area (TPSA) is 92.8 Å². The largest absolute Gasteiger partial charge is 0.452 e. The third kappa shape index (κ3) is 5.52. The third-order valence-electron chi connectivity index (χ3n) is 7.67. The lowest BCUT2D eigenvalue weighted by atomic mass is 9.73. The van der Waals surface area contributed by atoms with E-state index >= 15 is 0 Å². The second-order valence-electron chi connectivity index (χ2n) is 10.2. The van der Waals surface area contributed by atoms with Crippen LogP contribution in [0.3, 0.4) is 0 Å². The number of amides is 3. The van der Waals surface area contributed by atoms with E-state index in [0.29, 0.717) is 24.2 Å². The monoisotopic (exact) mass is 588 g/mol. The Balaban J connectivity index is 1.20. The van der Waals surface area contributed by atoms with Gasteiger partial charge in [-0.2, -0.15) is 0 Å². The summed E-state index contributed by atoms with van der Waals surface area (Å²) in [6.45, 7) is 3.35. The van der Waals surface area contributed by atoms with Gasteiger partial charge in [0.05, 0.1) is 23.1 Å². The standard InChI is InChI=1S/C31H29BrN2O5/c1-18-15-27(19(2)14-26(18)32)33-28(35)17-39-31(38)21-8-11-23(12-9-21)34-29(36)24-13-10-22(16-25(24)30(34)37)20-6-4-3-5-7-20/h3-9,11-12,14-15,22,24-25H,10,13,16-17H2,1-2H3,(H,33,35)/t22-,24+,25+/m0/s1. The number of hydrogen-bond acceptors (Lipinski definition) is 5. The lowest BCUT2D eigenvalue weighted by molar-refractivity contribution is -0.122. The fourth-order valence-electron chi connectivity index (χ4n) is 5.52. The van der Waals surface area contributed by atoms with Gasteiger partial charge in [0.2, 0.25) is 11.8 Å². The first-order valence-electron chi connectivity index (χ1n) is 13.0. The normalized spacial score (nSPS) is 20.5. The molecule has 3 atom stereocenters. The number of esters is 1. The maximum atomic E-state index is 13.3. The molecule has 0 aromatic heterocycles. The fraction of sp³-hybridized carbons (Fsp3) is 0.290. The predicted octanol–water partition coefficient (Wildman–Crippen LogP) is 5.93. The number of nitrogens with zero attached hydrogens (tertiary/aromatic N) is 1. The Morgan fingerprint density at radius 1 is 0.923 bits per heavy atom. The van der Waals surface area contributed by atoms with Crippen molar-refractivity contribution in [3.63, 3.8) is 0 Å². The van der Waals surface area contributed by atoms with Crippen molar-refractivity contribution in [3.05, 3.63) is 93.5 Å². The maximum absolute atomic E-state index is 13.3. The first-order valence-corrected chi connectivity index (χ1v) is 13.8. The van der Waals surface area contributed by atoms with Crippen LogP contribution in [-0.2, 0) is 19.1 Å². The Hall–Kier alpha value is -3.78. The van der Waals surface area contributed by atoms with E-state index in [9.17, 15) is 19.2 Å². The number of carbonyl (C=O) groups is 4. The first-order chi connectivity index (χ1) is 18.7. The van der Waals surface area contributed by atoms with Gasteiger partial charge in [-0.05, 0) is 92.1 Å². The molecule has 1 aliphatic carbocycles. The number of ether oxygens (including phenoxy) is 1. The fourth-order valence-corrected chi connectivity index (χ4v) is 5.98. The van der Waals surface area contributed by atoms with Crippen molar-refractivity contribution in [2.75, 3.05) is 16.8 Å². The van der Waals surface area contributed by atoms with E-state index in [0.717, 1.165) is 22.0 Å². The number of nitrogens with one attached hydrogen (secondary N) is 1. The van der Waals surface area contributed by atoms with E-state index in [2.05, 4.69) is 33.4 Å². The van der Waals surface area contributed by atoms with Crippen molar-refractivity contribution < 1.29 is 23.9 Å². The van der Waals surface area contributed by atoms with Crippen molar-refractivity contribution in [2.24, 2.45) is 11.8 Å². The van der Waals surface area contributed by atoms with E-state index < -0.39 is 18.5 Å². The molecular weight excluding hydrogens is 560 g/mol. The number of halogens is 1. The summed E-state index contributed by atoms with van der Waals surface area (Å²) in [7, 11) is 0. The van der Waals surface area contributed by atoms with E-state index in [1.165, 1.54) is 22.6 Å². The summed E-state index contributed by atoms with van der Waals surface area (Å²) in [6.07, 6.45) is 2.20. The van der Waals surface area contributed by atoms with E-state index in [1.54, 1.807) is 12.1 Å². The summed E-state index contributed by atoms with van der Waals surface area (Å²) in [5.74, 6) is -1.86. The van der Waals surface area contributed by atoms with Gasteiger partial charge >= 0.3 is 5.97 Å². The Morgan fingerprint density at radius 3 is 2.33 bits per heavy atom. The molecule has 3 aromatic rings. The van der Waals surface area contributed by atoms with Crippen LogP contribution in [-0.4, -0.2) is 30.3 Å². The molecule has 0 unspecified atom stereocenters. The molecule has 3 aromatic carbocycles. The molecule has 1 saturated heterocycles. The number of rotatable bonds is 6. The molecule has 8 heteroatoms. The average molecular weight is 589 g/mol. The Kier molecular flexibility index (Phi) is 7.66. The maximum Gasteiger partial charge on any atom is 0.338 e. The van der Waals surface area contributed by atoms with Gasteiger partial charge in [0.25, 0.3) is 5.91 Å². The Morgan fingerprint density at radius 2 is 1.62 bits per heavy atom. The van der Waals surface area contributed by atoms with Gasteiger partial charge in [0.15, 0.2) is 6.61 Å². The van der Waals surface area contributed by atoms with Gasteiger partial charge in [0, 0.05) is 10.2 Å². The van der Waals surface area contributed by atoms with E-state index in [-0.39, 0.29) is 35.1 Å². The minimum atomic E-state index is -0.668. The molecule has 2 fully saturated rings. The molecule has 2 aliphatic rings. The number of fused-ring (bicyclic) bond motifs is 1. The van der Waals surface area contributed by atoms with Crippen LogP contribution in [0.1, 0.15) is 52.2 Å². The van der Waals surface area contributed by atoms with Crippen LogP contribution in [0.15, 0.2) is 71.2 Å². The highest BCUT2D eigenvalue weighted by Gasteiger charge is 2.50. The zero-order valence-corrected chi connectivity index (χ0v) is 23.4. The second kappa shape index (κ2) is 11.1. The molecule has 3 amide bonds. The molecule has 0 bridgehead atoms. The smallest absolute Gasteiger partial charge is 0.338 e. The number of hydrogen-bond donors (Lipinski definition) is 1. The van der Waals surface area contributed by atoms with Gasteiger partial charge in [-0.1, -0.05) is 46.3 Å². The molecule has 1 aliphatic heterocycles. The van der Waals surface area contributed by atoms with Crippen molar-refractivity contribution in [3.8, 4) is 0 Å². The van der Waals surface area contributed by atoms with Gasteiger partial charge in [-0.3, -0.25) is 19.3 Å². The highest BCUT2D eigenvalue weighted by molar-refractivity contribution is 9.10. The molecule has 39 heavy (non-hydrogen) atoms. The molecule has 200 valence electrons. The number of benzene rings is 3. The summed E-state index contributed by atoms with van der Waals surface area (Å²) >= 11 is 3.46. The van der Waals surface area contributed by atoms with Crippen LogP contribution in [0, 0.1) is 25.7 Å². The Bertz CT molecular complexity index is 1440. The minimum Gasteiger partial charge on any atom is -0.452 e. The van der Waals surface area contributed by atoms with Crippen molar-refractivity contribution in [1.29, 1.82) is 0 Å². The van der Waals surface area contributed by atoms with Gasteiger partial charge in [-0.25, -0.2) is 4.79 Å². The first kappa shape index (κ1) is 26.8. The summed E-state index contributed by atoms with van der Waals surface area (Å²) < 4.78 is 6.13.